The second kappa shape index (κ2) is 9.72. The van der Waals surface area contributed by atoms with Crippen LogP contribution in [0.2, 0.25) is 0 Å². The number of amides is 1. The largest absolute Gasteiger partial charge is 0.457 e. The number of anilines is 1. The number of piperidine rings is 1. The Bertz CT molecular complexity index is 1400. The molecule has 1 fully saturated rings. The van der Waals surface area contributed by atoms with Gasteiger partial charge in [0.15, 0.2) is 5.65 Å². The van der Waals surface area contributed by atoms with Gasteiger partial charge in [0.05, 0.1) is 11.4 Å². The second-order valence-corrected chi connectivity index (χ2v) is 10.4. The predicted molar refractivity (Wildman–Crippen MR) is 143 cm³/mol. The number of likely N-dealkylation sites (tertiary alicyclic amines) is 1. The van der Waals surface area contributed by atoms with E-state index in [2.05, 4.69) is 9.97 Å². The summed E-state index contributed by atoms with van der Waals surface area (Å²) in [6.07, 6.45) is 2.66. The second-order valence-electron chi connectivity index (χ2n) is 10.4. The Morgan fingerprint density at radius 2 is 1.59 bits per heavy atom. The lowest BCUT2D eigenvalue weighted by atomic mass is 10.1. The molecule has 0 radical (unpaired) electrons. The zero-order valence-corrected chi connectivity index (χ0v) is 21.6. The molecular weight excluding hydrogens is 468 g/mol. The first-order valence-corrected chi connectivity index (χ1v) is 12.5. The molecule has 5 rings (SSSR count). The molecule has 2 aromatic heterocycles. The van der Waals surface area contributed by atoms with Crippen molar-refractivity contribution >= 4 is 22.9 Å². The van der Waals surface area contributed by atoms with Crippen LogP contribution < -0.4 is 10.5 Å². The summed E-state index contributed by atoms with van der Waals surface area (Å²) in [6.45, 7) is 8.84. The number of hydrogen-bond acceptors (Lipinski definition) is 7. The molecule has 37 heavy (non-hydrogen) atoms. The van der Waals surface area contributed by atoms with Crippen LogP contribution in [0.1, 0.15) is 45.2 Å². The summed E-state index contributed by atoms with van der Waals surface area (Å²) in [7, 11) is 0. The Morgan fingerprint density at radius 3 is 2.22 bits per heavy atom. The summed E-state index contributed by atoms with van der Waals surface area (Å²) < 4.78 is 13.4. The third kappa shape index (κ3) is 5.35. The topological polar surface area (TPSA) is 108 Å². The molecule has 0 saturated carbocycles. The van der Waals surface area contributed by atoms with Crippen molar-refractivity contribution in [2.75, 3.05) is 18.8 Å². The summed E-state index contributed by atoms with van der Waals surface area (Å²) in [6, 6.07) is 15.8. The average Bonchev–Trinajstić information content (AvgIpc) is 3.26. The van der Waals surface area contributed by atoms with Gasteiger partial charge in [-0.1, -0.05) is 17.7 Å². The Hall–Kier alpha value is -4.14. The SMILES string of the molecule is Cc1ccc(Oc2ccc(-c3nn(C4CCN(C(=O)OC(C)(C)C)CC4)c4ncnc(N)c34)cc2)cc1. The standard InChI is InChI=1S/C28H32N6O3/c1-18-5-9-21(10-6-18)36-22-11-7-19(8-12-22)24-23-25(29)30-17-31-26(23)34(32-24)20-13-15-33(16-14-20)27(35)37-28(2,3)4/h5-12,17,20H,13-16H2,1-4H3,(H2,29,30,31). The molecule has 9 nitrogen and oxygen atoms in total. The lowest BCUT2D eigenvalue weighted by molar-refractivity contribution is 0.0186. The zero-order chi connectivity index (χ0) is 26.2. The van der Waals surface area contributed by atoms with Crippen molar-refractivity contribution in [1.29, 1.82) is 0 Å². The Balaban J connectivity index is 1.38. The van der Waals surface area contributed by atoms with E-state index in [0.717, 1.165) is 41.0 Å². The maximum absolute atomic E-state index is 12.5. The number of rotatable bonds is 4. The van der Waals surface area contributed by atoms with E-state index in [-0.39, 0.29) is 12.1 Å². The molecule has 9 heteroatoms. The maximum atomic E-state index is 12.5. The number of aromatic nitrogens is 4. The van der Waals surface area contributed by atoms with Crippen LogP contribution in [0.3, 0.4) is 0 Å². The van der Waals surface area contributed by atoms with Crippen LogP contribution in [0.5, 0.6) is 11.5 Å². The van der Waals surface area contributed by atoms with E-state index < -0.39 is 5.60 Å². The van der Waals surface area contributed by atoms with Crippen LogP contribution in [0, 0.1) is 6.92 Å². The van der Waals surface area contributed by atoms with Gasteiger partial charge in [-0.3, -0.25) is 0 Å². The van der Waals surface area contributed by atoms with Gasteiger partial charge >= 0.3 is 6.09 Å². The van der Waals surface area contributed by atoms with Crippen molar-refractivity contribution in [3.8, 4) is 22.8 Å². The van der Waals surface area contributed by atoms with Crippen LogP contribution in [0.15, 0.2) is 54.9 Å². The average molecular weight is 501 g/mol. The molecule has 2 aromatic carbocycles. The molecule has 1 aliphatic heterocycles. The number of benzene rings is 2. The van der Waals surface area contributed by atoms with Gasteiger partial charge in [0.25, 0.3) is 0 Å². The number of carbonyl (C=O) groups is 1. The van der Waals surface area contributed by atoms with Gasteiger partial charge in [0.1, 0.15) is 34.9 Å². The number of aryl methyl sites for hydroxylation is 1. The fraction of sp³-hybridized carbons (Fsp3) is 0.357. The first kappa shape index (κ1) is 24.5. The van der Waals surface area contributed by atoms with Crippen molar-refractivity contribution in [1.82, 2.24) is 24.6 Å². The molecule has 1 saturated heterocycles. The number of nitrogens with zero attached hydrogens (tertiary/aromatic N) is 5. The van der Waals surface area contributed by atoms with Crippen LogP contribution >= 0.6 is 0 Å². The van der Waals surface area contributed by atoms with E-state index in [4.69, 9.17) is 20.3 Å². The highest BCUT2D eigenvalue weighted by Gasteiger charge is 2.30. The number of nitrogen functional groups attached to an aromatic ring is 1. The van der Waals surface area contributed by atoms with Crippen molar-refractivity contribution < 1.29 is 14.3 Å². The monoisotopic (exact) mass is 500 g/mol. The summed E-state index contributed by atoms with van der Waals surface area (Å²) >= 11 is 0. The zero-order valence-electron chi connectivity index (χ0n) is 21.6. The van der Waals surface area contributed by atoms with E-state index in [0.29, 0.717) is 24.6 Å². The van der Waals surface area contributed by atoms with Gasteiger partial charge in [-0.15, -0.1) is 0 Å². The van der Waals surface area contributed by atoms with Gasteiger partial charge in [0.2, 0.25) is 0 Å². The molecule has 1 amide bonds. The summed E-state index contributed by atoms with van der Waals surface area (Å²) in [5.41, 5.74) is 9.28. The number of carbonyl (C=O) groups excluding carboxylic acids is 1. The fourth-order valence-electron chi connectivity index (χ4n) is 4.49. The molecule has 192 valence electrons. The van der Waals surface area contributed by atoms with Crippen molar-refractivity contribution in [3.05, 3.63) is 60.4 Å². The van der Waals surface area contributed by atoms with Crippen molar-refractivity contribution in [2.45, 2.75) is 52.2 Å². The highest BCUT2D eigenvalue weighted by molar-refractivity contribution is 5.98. The predicted octanol–water partition coefficient (Wildman–Crippen LogP) is 5.75. The lowest BCUT2D eigenvalue weighted by Crippen LogP contribution is -2.42. The molecule has 0 unspecified atom stereocenters. The highest BCUT2D eigenvalue weighted by Crippen LogP contribution is 2.35. The van der Waals surface area contributed by atoms with E-state index >= 15 is 0 Å². The third-order valence-corrected chi connectivity index (χ3v) is 6.36. The summed E-state index contributed by atoms with van der Waals surface area (Å²) in [5, 5.41) is 5.68. The Kier molecular flexibility index (Phi) is 6.45. The number of fused-ring (bicyclic) bond motifs is 1. The maximum Gasteiger partial charge on any atom is 0.410 e. The minimum atomic E-state index is -0.518. The summed E-state index contributed by atoms with van der Waals surface area (Å²) in [5.74, 6) is 1.90. The van der Waals surface area contributed by atoms with Crippen LogP contribution in [-0.2, 0) is 4.74 Å². The Morgan fingerprint density at radius 1 is 0.973 bits per heavy atom. The first-order chi connectivity index (χ1) is 17.7. The minimum Gasteiger partial charge on any atom is -0.457 e. The summed E-state index contributed by atoms with van der Waals surface area (Å²) in [4.78, 5) is 23.0. The molecule has 0 atom stereocenters. The van der Waals surface area contributed by atoms with Gasteiger partial charge in [-0.05, 0) is 76.9 Å². The van der Waals surface area contributed by atoms with Crippen LogP contribution in [-0.4, -0.2) is 49.4 Å². The number of nitrogens with two attached hydrogens (primary N) is 1. The molecule has 1 aliphatic rings. The van der Waals surface area contributed by atoms with Crippen LogP contribution in [0.4, 0.5) is 10.6 Å². The van der Waals surface area contributed by atoms with E-state index in [1.54, 1.807) is 4.90 Å². The Labute approximate surface area is 216 Å². The third-order valence-electron chi connectivity index (χ3n) is 6.36. The van der Waals surface area contributed by atoms with E-state index in [9.17, 15) is 4.79 Å². The highest BCUT2D eigenvalue weighted by atomic mass is 16.6. The molecule has 2 N–H and O–H groups in total. The van der Waals surface area contributed by atoms with Gasteiger partial charge in [-0.2, -0.15) is 5.10 Å². The quantitative estimate of drug-likeness (QED) is 0.380. The normalized spacial score (nSPS) is 14.6. The smallest absolute Gasteiger partial charge is 0.410 e. The van der Waals surface area contributed by atoms with Crippen molar-refractivity contribution in [2.24, 2.45) is 0 Å². The van der Waals surface area contributed by atoms with Crippen LogP contribution in [0.25, 0.3) is 22.3 Å². The van der Waals surface area contributed by atoms with Gasteiger partial charge in [0, 0.05) is 18.7 Å². The fourth-order valence-corrected chi connectivity index (χ4v) is 4.49. The number of hydrogen-bond donors (Lipinski definition) is 1. The first-order valence-electron chi connectivity index (χ1n) is 12.5. The lowest BCUT2D eigenvalue weighted by Gasteiger charge is -2.33. The molecule has 0 spiro atoms. The number of ether oxygens (including phenoxy) is 2. The molecule has 0 bridgehead atoms. The minimum absolute atomic E-state index is 0.0772. The van der Waals surface area contributed by atoms with Gasteiger partial charge in [-0.25, -0.2) is 19.4 Å². The van der Waals surface area contributed by atoms with Crippen molar-refractivity contribution in [3.63, 3.8) is 0 Å². The van der Waals surface area contributed by atoms with E-state index in [1.807, 2.05) is 80.9 Å². The molecular formula is C28H32N6O3. The van der Waals surface area contributed by atoms with E-state index in [1.165, 1.54) is 11.9 Å². The van der Waals surface area contributed by atoms with Gasteiger partial charge < -0.3 is 20.1 Å². The molecule has 4 aromatic rings. The molecule has 3 heterocycles. The molecule has 0 aliphatic carbocycles.